The summed E-state index contributed by atoms with van der Waals surface area (Å²) >= 11 is 0. The summed E-state index contributed by atoms with van der Waals surface area (Å²) in [5, 5.41) is 12.1. The molecule has 13 heavy (non-hydrogen) atoms. The Morgan fingerprint density at radius 3 is 2.15 bits per heavy atom. The first-order chi connectivity index (χ1) is 5.22. The molecule has 6 heteroatoms. The zero-order valence-corrected chi connectivity index (χ0v) is 9.21. The monoisotopic (exact) mass is 234 g/mol. The van der Waals surface area contributed by atoms with Gasteiger partial charge in [-0.05, 0) is 6.92 Å². The Bertz CT molecular complexity index is 123. The smallest absolute Gasteiger partial charge is 0.179 e. The maximum atomic E-state index is 13.1. The van der Waals surface area contributed by atoms with Crippen LogP contribution in [0.1, 0.15) is 6.92 Å². The zero-order chi connectivity index (χ0) is 8.27. The number of aliphatic hydroxyl groups excluding tert-OH is 1. The maximum absolute atomic E-state index is 13.1. The molecular formula is C7H17Cl2FN2O. The molecule has 0 aromatic carbocycles. The van der Waals surface area contributed by atoms with Crippen molar-refractivity contribution in [3.63, 3.8) is 0 Å². The molecule has 1 rings (SSSR count). The maximum Gasteiger partial charge on any atom is 0.179 e. The quantitative estimate of drug-likeness (QED) is 0.680. The van der Waals surface area contributed by atoms with Crippen molar-refractivity contribution in [2.75, 3.05) is 26.2 Å². The lowest BCUT2D eigenvalue weighted by molar-refractivity contribution is -0.0242. The van der Waals surface area contributed by atoms with Gasteiger partial charge in [0, 0.05) is 26.2 Å². The van der Waals surface area contributed by atoms with Crippen LogP contribution in [-0.2, 0) is 0 Å². The minimum absolute atomic E-state index is 0. The number of nitrogens with one attached hydrogen (secondary N) is 1. The highest BCUT2D eigenvalue weighted by Crippen LogP contribution is 2.06. The zero-order valence-electron chi connectivity index (χ0n) is 7.57. The third-order valence-electron chi connectivity index (χ3n) is 1.90. The highest BCUT2D eigenvalue weighted by atomic mass is 35.5. The van der Waals surface area contributed by atoms with Gasteiger partial charge in [-0.1, -0.05) is 0 Å². The van der Waals surface area contributed by atoms with Gasteiger partial charge >= 0.3 is 0 Å². The second kappa shape index (κ2) is 7.76. The predicted octanol–water partition coefficient (Wildman–Crippen LogP) is 0.412. The fourth-order valence-electron chi connectivity index (χ4n) is 1.23. The van der Waals surface area contributed by atoms with Crippen LogP contribution in [0.2, 0.25) is 0 Å². The van der Waals surface area contributed by atoms with Crippen molar-refractivity contribution >= 4 is 24.8 Å². The molecule has 0 saturated carbocycles. The van der Waals surface area contributed by atoms with Crippen molar-refractivity contribution in [3.05, 3.63) is 0 Å². The van der Waals surface area contributed by atoms with Crippen LogP contribution < -0.4 is 5.32 Å². The van der Waals surface area contributed by atoms with Crippen LogP contribution in [0.25, 0.3) is 0 Å². The molecule has 1 fully saturated rings. The Morgan fingerprint density at radius 1 is 1.31 bits per heavy atom. The first-order valence-electron chi connectivity index (χ1n) is 3.98. The van der Waals surface area contributed by atoms with Gasteiger partial charge in [0.05, 0.1) is 6.10 Å². The molecule has 1 saturated heterocycles. The SMILES string of the molecule is CC(O)C(F)N1CCNCC1.Cl.Cl. The number of aliphatic hydroxyl groups is 1. The van der Waals surface area contributed by atoms with Gasteiger partial charge in [0.1, 0.15) is 0 Å². The van der Waals surface area contributed by atoms with Crippen molar-refractivity contribution in [1.82, 2.24) is 10.2 Å². The second-order valence-electron chi connectivity index (χ2n) is 2.90. The van der Waals surface area contributed by atoms with Gasteiger partial charge in [-0.15, -0.1) is 24.8 Å². The van der Waals surface area contributed by atoms with Gasteiger partial charge in [0.2, 0.25) is 0 Å². The summed E-state index contributed by atoms with van der Waals surface area (Å²) in [5.74, 6) is 0. The van der Waals surface area contributed by atoms with Crippen LogP contribution in [-0.4, -0.2) is 48.6 Å². The summed E-state index contributed by atoms with van der Waals surface area (Å²) in [4.78, 5) is 1.65. The lowest BCUT2D eigenvalue weighted by Crippen LogP contribution is -2.50. The van der Waals surface area contributed by atoms with E-state index in [1.807, 2.05) is 0 Å². The highest BCUT2D eigenvalue weighted by molar-refractivity contribution is 5.85. The minimum Gasteiger partial charge on any atom is -0.389 e. The van der Waals surface area contributed by atoms with E-state index in [-0.39, 0.29) is 24.8 Å². The Labute approximate surface area is 90.5 Å². The Hall–Kier alpha value is 0.390. The normalized spacial score (nSPS) is 22.4. The lowest BCUT2D eigenvalue weighted by Gasteiger charge is -2.31. The summed E-state index contributed by atoms with van der Waals surface area (Å²) < 4.78 is 13.1. The van der Waals surface area contributed by atoms with E-state index in [1.54, 1.807) is 4.90 Å². The van der Waals surface area contributed by atoms with Gasteiger partial charge in [0.15, 0.2) is 6.30 Å². The Morgan fingerprint density at radius 2 is 1.77 bits per heavy atom. The molecule has 0 aromatic rings. The topological polar surface area (TPSA) is 35.5 Å². The number of rotatable bonds is 2. The van der Waals surface area contributed by atoms with Crippen molar-refractivity contribution in [2.45, 2.75) is 19.3 Å². The fraction of sp³-hybridized carbons (Fsp3) is 1.00. The molecule has 0 amide bonds. The summed E-state index contributed by atoms with van der Waals surface area (Å²) in [6.07, 6.45) is -2.08. The number of hydrogen-bond donors (Lipinski definition) is 2. The third-order valence-corrected chi connectivity index (χ3v) is 1.90. The molecule has 82 valence electrons. The average molecular weight is 235 g/mol. The van der Waals surface area contributed by atoms with Crippen molar-refractivity contribution in [3.8, 4) is 0 Å². The van der Waals surface area contributed by atoms with Crippen LogP contribution in [0.4, 0.5) is 4.39 Å². The molecule has 0 spiro atoms. The number of nitrogens with zero attached hydrogens (tertiary/aromatic N) is 1. The molecule has 2 N–H and O–H groups in total. The van der Waals surface area contributed by atoms with E-state index in [1.165, 1.54) is 6.92 Å². The molecule has 2 atom stereocenters. The first kappa shape index (κ1) is 15.8. The molecule has 0 aromatic heterocycles. The fourth-order valence-corrected chi connectivity index (χ4v) is 1.23. The van der Waals surface area contributed by atoms with Gasteiger partial charge < -0.3 is 10.4 Å². The number of halogens is 3. The summed E-state index contributed by atoms with van der Waals surface area (Å²) in [5.41, 5.74) is 0. The standard InChI is InChI=1S/C7H15FN2O.2ClH/c1-6(11)7(8)10-4-2-9-3-5-10;;/h6-7,9,11H,2-5H2,1H3;2*1H. The highest BCUT2D eigenvalue weighted by Gasteiger charge is 2.23. The molecule has 1 aliphatic heterocycles. The van der Waals surface area contributed by atoms with Crippen molar-refractivity contribution < 1.29 is 9.50 Å². The number of hydrogen-bond acceptors (Lipinski definition) is 3. The number of alkyl halides is 1. The molecule has 1 aliphatic rings. The largest absolute Gasteiger partial charge is 0.389 e. The van der Waals surface area contributed by atoms with E-state index in [4.69, 9.17) is 5.11 Å². The van der Waals surface area contributed by atoms with Crippen LogP contribution in [0.5, 0.6) is 0 Å². The van der Waals surface area contributed by atoms with Crippen LogP contribution in [0.3, 0.4) is 0 Å². The van der Waals surface area contributed by atoms with E-state index in [2.05, 4.69) is 5.32 Å². The summed E-state index contributed by atoms with van der Waals surface area (Å²) in [7, 11) is 0. The van der Waals surface area contributed by atoms with Gasteiger partial charge in [-0.25, -0.2) is 4.39 Å². The first-order valence-corrected chi connectivity index (χ1v) is 3.98. The van der Waals surface area contributed by atoms with Gasteiger partial charge in [0.25, 0.3) is 0 Å². The average Bonchev–Trinajstić information content (AvgIpc) is 2.05. The van der Waals surface area contributed by atoms with E-state index in [0.717, 1.165) is 13.1 Å². The predicted molar refractivity (Wildman–Crippen MR) is 55.5 cm³/mol. The lowest BCUT2D eigenvalue weighted by atomic mass is 10.3. The molecule has 0 bridgehead atoms. The van der Waals surface area contributed by atoms with Crippen molar-refractivity contribution in [2.24, 2.45) is 0 Å². The Balaban J connectivity index is 0. The van der Waals surface area contributed by atoms with Crippen LogP contribution in [0.15, 0.2) is 0 Å². The summed E-state index contributed by atoms with van der Waals surface area (Å²) in [6, 6.07) is 0. The van der Waals surface area contributed by atoms with E-state index >= 15 is 0 Å². The Kier molecular flexibility index (Phi) is 9.46. The van der Waals surface area contributed by atoms with Crippen LogP contribution >= 0.6 is 24.8 Å². The van der Waals surface area contributed by atoms with Gasteiger partial charge in [-0.2, -0.15) is 0 Å². The van der Waals surface area contributed by atoms with E-state index in [0.29, 0.717) is 13.1 Å². The molecule has 0 aliphatic carbocycles. The number of piperazine rings is 1. The van der Waals surface area contributed by atoms with Crippen molar-refractivity contribution in [1.29, 1.82) is 0 Å². The van der Waals surface area contributed by atoms with Crippen LogP contribution in [0, 0.1) is 0 Å². The molecular weight excluding hydrogens is 218 g/mol. The second-order valence-corrected chi connectivity index (χ2v) is 2.90. The molecule has 3 nitrogen and oxygen atoms in total. The molecule has 2 unspecified atom stereocenters. The van der Waals surface area contributed by atoms with E-state index < -0.39 is 12.4 Å². The molecule has 0 radical (unpaired) electrons. The molecule has 1 heterocycles. The van der Waals surface area contributed by atoms with E-state index in [9.17, 15) is 4.39 Å². The third kappa shape index (κ3) is 4.98. The minimum atomic E-state index is -1.20. The van der Waals surface area contributed by atoms with Gasteiger partial charge in [-0.3, -0.25) is 4.90 Å². The summed E-state index contributed by atoms with van der Waals surface area (Å²) in [6.45, 7) is 4.48.